The molecule has 0 amide bonds. The lowest BCUT2D eigenvalue weighted by Gasteiger charge is -2.31. The van der Waals surface area contributed by atoms with Gasteiger partial charge < -0.3 is 14.8 Å². The number of nitrogens with one attached hydrogen (secondary N) is 1. The van der Waals surface area contributed by atoms with E-state index in [4.69, 9.17) is 9.47 Å². The second-order valence-corrected chi connectivity index (χ2v) is 7.05. The fourth-order valence-electron chi connectivity index (χ4n) is 2.46. The maximum absolute atomic E-state index is 12.8. The Morgan fingerprint density at radius 3 is 2.05 bits per heavy atom. The third-order valence-electron chi connectivity index (χ3n) is 3.82. The number of ether oxygens (including phenoxy) is 2. The van der Waals surface area contributed by atoms with Crippen LogP contribution in [0.2, 0.25) is 0 Å². The van der Waals surface area contributed by atoms with Crippen LogP contribution in [-0.4, -0.2) is 53.1 Å². The van der Waals surface area contributed by atoms with E-state index in [0.29, 0.717) is 11.5 Å². The van der Waals surface area contributed by atoms with Crippen LogP contribution >= 0.6 is 12.4 Å². The van der Waals surface area contributed by atoms with Gasteiger partial charge in [0.25, 0.3) is 0 Å². The highest BCUT2D eigenvalue weighted by molar-refractivity contribution is 7.89. The molecule has 1 saturated heterocycles. The molecule has 0 aromatic heterocycles. The Morgan fingerprint density at radius 2 is 1.59 bits per heavy atom. The largest absolute Gasteiger partial charge is 0.497 e. The van der Waals surface area contributed by atoms with Crippen molar-refractivity contribution in [2.75, 3.05) is 34.4 Å². The zero-order valence-electron chi connectivity index (χ0n) is 13.0. The molecular formula is C14H23ClN2O4S. The first-order valence-corrected chi connectivity index (χ1v) is 8.35. The summed E-state index contributed by atoms with van der Waals surface area (Å²) in [5.74, 6) is 0.929. The van der Waals surface area contributed by atoms with Crippen LogP contribution in [0.3, 0.4) is 0 Å². The summed E-state index contributed by atoms with van der Waals surface area (Å²) in [4.78, 5) is 0.194. The Labute approximate surface area is 138 Å². The molecule has 1 N–H and O–H groups in total. The van der Waals surface area contributed by atoms with Crippen LogP contribution in [0, 0.1) is 0 Å². The smallest absolute Gasteiger partial charge is 0.243 e. The predicted molar refractivity (Wildman–Crippen MR) is 87.6 cm³/mol. The van der Waals surface area contributed by atoms with Crippen LogP contribution in [0.1, 0.15) is 12.8 Å². The fourth-order valence-corrected chi connectivity index (χ4v) is 3.93. The van der Waals surface area contributed by atoms with E-state index in [1.807, 2.05) is 0 Å². The molecule has 1 aromatic carbocycles. The van der Waals surface area contributed by atoms with Gasteiger partial charge in [-0.2, -0.15) is 4.31 Å². The molecule has 0 atom stereocenters. The van der Waals surface area contributed by atoms with Crippen molar-refractivity contribution in [1.29, 1.82) is 0 Å². The molecule has 1 heterocycles. The maximum atomic E-state index is 12.8. The number of halogens is 1. The Bertz CT molecular complexity index is 566. The van der Waals surface area contributed by atoms with Crippen LogP contribution in [0.5, 0.6) is 11.5 Å². The molecule has 1 aliphatic heterocycles. The van der Waals surface area contributed by atoms with Crippen molar-refractivity contribution in [1.82, 2.24) is 9.62 Å². The van der Waals surface area contributed by atoms with E-state index >= 15 is 0 Å². The van der Waals surface area contributed by atoms with Crippen molar-refractivity contribution >= 4 is 22.4 Å². The van der Waals surface area contributed by atoms with Crippen LogP contribution in [0.15, 0.2) is 23.1 Å². The summed E-state index contributed by atoms with van der Waals surface area (Å²) >= 11 is 0. The molecule has 1 aromatic rings. The van der Waals surface area contributed by atoms with Crippen molar-refractivity contribution in [2.45, 2.75) is 23.8 Å². The van der Waals surface area contributed by atoms with E-state index < -0.39 is 10.0 Å². The summed E-state index contributed by atoms with van der Waals surface area (Å²) in [7, 11) is 1.08. The van der Waals surface area contributed by atoms with Gasteiger partial charge in [0.15, 0.2) is 0 Å². The molecule has 1 aliphatic rings. The highest BCUT2D eigenvalue weighted by Crippen LogP contribution is 2.28. The molecule has 8 heteroatoms. The number of sulfonamides is 1. The van der Waals surface area contributed by atoms with E-state index in [2.05, 4.69) is 5.32 Å². The van der Waals surface area contributed by atoms with Crippen LogP contribution in [0.25, 0.3) is 0 Å². The molecule has 0 unspecified atom stereocenters. The van der Waals surface area contributed by atoms with E-state index in [1.54, 1.807) is 13.1 Å². The van der Waals surface area contributed by atoms with Gasteiger partial charge in [0.05, 0.1) is 19.1 Å². The number of piperidine rings is 1. The Balaban J connectivity index is 0.00000242. The van der Waals surface area contributed by atoms with Gasteiger partial charge in [-0.3, -0.25) is 0 Å². The zero-order chi connectivity index (χ0) is 15.5. The summed E-state index contributed by atoms with van der Waals surface area (Å²) in [5.41, 5.74) is 0. The van der Waals surface area contributed by atoms with Gasteiger partial charge in [0.2, 0.25) is 10.0 Å². The average molecular weight is 351 g/mol. The van der Waals surface area contributed by atoms with Gasteiger partial charge in [-0.15, -0.1) is 12.4 Å². The van der Waals surface area contributed by atoms with Gasteiger partial charge in [-0.1, -0.05) is 0 Å². The Hall–Kier alpha value is -1.02. The third kappa shape index (κ3) is 4.04. The molecule has 126 valence electrons. The highest BCUT2D eigenvalue weighted by atomic mass is 35.5. The molecule has 0 bridgehead atoms. The van der Waals surface area contributed by atoms with Crippen LogP contribution < -0.4 is 14.8 Å². The quantitative estimate of drug-likeness (QED) is 0.871. The maximum Gasteiger partial charge on any atom is 0.243 e. The molecule has 1 fully saturated rings. The van der Waals surface area contributed by atoms with Gasteiger partial charge in [0, 0.05) is 31.3 Å². The van der Waals surface area contributed by atoms with Gasteiger partial charge in [-0.05, 0) is 25.9 Å². The Morgan fingerprint density at radius 1 is 1.09 bits per heavy atom. The first-order chi connectivity index (χ1) is 9.98. The fraction of sp³-hybridized carbons (Fsp3) is 0.571. The van der Waals surface area contributed by atoms with Gasteiger partial charge >= 0.3 is 0 Å². The summed E-state index contributed by atoms with van der Waals surface area (Å²) < 4.78 is 37.3. The van der Waals surface area contributed by atoms with Crippen molar-refractivity contribution in [3.05, 3.63) is 18.2 Å². The lowest BCUT2D eigenvalue weighted by molar-refractivity contribution is 0.296. The molecule has 6 nitrogen and oxygen atoms in total. The normalized spacial score (nSPS) is 16.2. The van der Waals surface area contributed by atoms with Crippen molar-refractivity contribution in [2.24, 2.45) is 0 Å². The summed E-state index contributed by atoms with van der Waals surface area (Å²) in [6, 6.07) is 4.72. The molecule has 0 spiro atoms. The predicted octanol–water partition coefficient (Wildman–Crippen LogP) is 1.50. The standard InChI is InChI=1S/C14H22N2O4S.ClH/c1-16(11-4-6-15-7-5-11)21(17,18)14-9-12(19-2)8-13(10-14)20-3;/h8-11,15H,4-7H2,1-3H3;1H. The highest BCUT2D eigenvalue weighted by Gasteiger charge is 2.29. The zero-order valence-corrected chi connectivity index (χ0v) is 14.7. The number of methoxy groups -OCH3 is 2. The molecule has 0 aliphatic carbocycles. The number of rotatable bonds is 5. The monoisotopic (exact) mass is 350 g/mol. The third-order valence-corrected chi connectivity index (χ3v) is 5.71. The van der Waals surface area contributed by atoms with E-state index in [1.165, 1.54) is 30.7 Å². The summed E-state index contributed by atoms with van der Waals surface area (Å²) in [5, 5.41) is 3.24. The van der Waals surface area contributed by atoms with E-state index in [0.717, 1.165) is 25.9 Å². The molecular weight excluding hydrogens is 328 g/mol. The molecule has 2 rings (SSSR count). The number of nitrogens with zero attached hydrogens (tertiary/aromatic N) is 1. The van der Waals surface area contributed by atoms with Gasteiger partial charge in [-0.25, -0.2) is 8.42 Å². The first kappa shape index (κ1) is 19.0. The first-order valence-electron chi connectivity index (χ1n) is 6.91. The molecule has 0 saturated carbocycles. The lowest BCUT2D eigenvalue weighted by atomic mass is 10.1. The van der Waals surface area contributed by atoms with Gasteiger partial charge in [0.1, 0.15) is 11.5 Å². The van der Waals surface area contributed by atoms with E-state index in [9.17, 15) is 8.42 Å². The van der Waals surface area contributed by atoms with Crippen molar-refractivity contribution < 1.29 is 17.9 Å². The minimum atomic E-state index is -3.56. The number of benzene rings is 1. The lowest BCUT2D eigenvalue weighted by Crippen LogP contribution is -2.43. The van der Waals surface area contributed by atoms with Crippen LogP contribution in [-0.2, 0) is 10.0 Å². The minimum absolute atomic E-state index is 0. The average Bonchev–Trinajstić information content (AvgIpc) is 2.54. The minimum Gasteiger partial charge on any atom is -0.497 e. The summed E-state index contributed by atoms with van der Waals surface area (Å²) in [6.07, 6.45) is 1.63. The Kier molecular flexibility index (Phi) is 6.93. The van der Waals surface area contributed by atoms with Crippen LogP contribution in [0.4, 0.5) is 0 Å². The SMILES string of the molecule is COc1cc(OC)cc(S(=O)(=O)N(C)C2CCNCC2)c1.Cl. The number of hydrogen-bond acceptors (Lipinski definition) is 5. The number of hydrogen-bond donors (Lipinski definition) is 1. The summed E-state index contributed by atoms with van der Waals surface area (Å²) in [6.45, 7) is 1.68. The second kappa shape index (κ2) is 8.01. The second-order valence-electron chi connectivity index (χ2n) is 5.05. The van der Waals surface area contributed by atoms with Crippen molar-refractivity contribution in [3.63, 3.8) is 0 Å². The van der Waals surface area contributed by atoms with E-state index in [-0.39, 0.29) is 23.3 Å². The molecule has 0 radical (unpaired) electrons. The topological polar surface area (TPSA) is 67.9 Å². The van der Waals surface area contributed by atoms with Crippen molar-refractivity contribution in [3.8, 4) is 11.5 Å². The molecule has 22 heavy (non-hydrogen) atoms.